The van der Waals surface area contributed by atoms with Gasteiger partial charge in [-0.3, -0.25) is 9.59 Å². The molecule has 0 radical (unpaired) electrons. The Morgan fingerprint density at radius 2 is 2.08 bits per heavy atom. The molecule has 2 N–H and O–H groups in total. The SMILES string of the molecule is Cc1cccc(C(=O)NC2CCc3onc(C(=O)NC(C)C)c3C2)c1. The number of fused-ring (bicyclic) bond motifs is 1. The van der Waals surface area contributed by atoms with Crippen LogP contribution in [0.5, 0.6) is 0 Å². The number of nitrogens with one attached hydrogen (secondary N) is 2. The third-order valence-corrected chi connectivity index (χ3v) is 4.29. The number of benzene rings is 1. The summed E-state index contributed by atoms with van der Waals surface area (Å²) >= 11 is 0. The Balaban J connectivity index is 1.71. The predicted octanol–water partition coefficient (Wildman–Crippen LogP) is 2.41. The molecule has 0 fully saturated rings. The molecule has 25 heavy (non-hydrogen) atoms. The summed E-state index contributed by atoms with van der Waals surface area (Å²) in [5, 5.41) is 9.83. The van der Waals surface area contributed by atoms with E-state index in [1.165, 1.54) is 0 Å². The number of nitrogens with zero attached hydrogens (tertiary/aromatic N) is 1. The Bertz CT molecular complexity index is 795. The lowest BCUT2D eigenvalue weighted by atomic mass is 9.91. The van der Waals surface area contributed by atoms with Gasteiger partial charge in [0.05, 0.1) is 0 Å². The largest absolute Gasteiger partial charge is 0.360 e. The lowest BCUT2D eigenvalue weighted by Crippen LogP contribution is -2.39. The van der Waals surface area contributed by atoms with Gasteiger partial charge in [-0.2, -0.15) is 0 Å². The van der Waals surface area contributed by atoms with Crippen LogP contribution in [-0.2, 0) is 12.8 Å². The van der Waals surface area contributed by atoms with Crippen LogP contribution >= 0.6 is 0 Å². The van der Waals surface area contributed by atoms with Crippen molar-refractivity contribution in [2.45, 2.75) is 52.1 Å². The van der Waals surface area contributed by atoms with Crippen molar-refractivity contribution < 1.29 is 14.1 Å². The molecule has 6 heteroatoms. The van der Waals surface area contributed by atoms with Crippen molar-refractivity contribution in [1.82, 2.24) is 15.8 Å². The smallest absolute Gasteiger partial charge is 0.273 e. The molecule has 3 rings (SSSR count). The zero-order valence-electron chi connectivity index (χ0n) is 14.8. The van der Waals surface area contributed by atoms with Gasteiger partial charge in [-0.15, -0.1) is 0 Å². The highest BCUT2D eigenvalue weighted by Crippen LogP contribution is 2.25. The van der Waals surface area contributed by atoms with Gasteiger partial charge in [0.15, 0.2) is 5.69 Å². The van der Waals surface area contributed by atoms with Crippen LogP contribution in [0.15, 0.2) is 28.8 Å². The summed E-state index contributed by atoms with van der Waals surface area (Å²) in [6, 6.07) is 7.49. The topological polar surface area (TPSA) is 84.2 Å². The lowest BCUT2D eigenvalue weighted by molar-refractivity contribution is 0.0928. The minimum absolute atomic E-state index is 0.0280. The molecule has 0 bridgehead atoms. The average molecular weight is 341 g/mol. The first-order valence-electron chi connectivity index (χ1n) is 8.60. The summed E-state index contributed by atoms with van der Waals surface area (Å²) in [7, 11) is 0. The molecule has 2 aromatic rings. The molecule has 1 aliphatic rings. The summed E-state index contributed by atoms with van der Waals surface area (Å²) in [5.74, 6) is 0.419. The van der Waals surface area contributed by atoms with Crippen molar-refractivity contribution in [3.63, 3.8) is 0 Å². The molecule has 0 saturated carbocycles. The molecule has 1 unspecified atom stereocenters. The fourth-order valence-corrected chi connectivity index (χ4v) is 3.09. The van der Waals surface area contributed by atoms with Crippen molar-refractivity contribution >= 4 is 11.8 Å². The Labute approximate surface area is 147 Å². The van der Waals surface area contributed by atoms with Gasteiger partial charge in [-0.05, 0) is 45.7 Å². The Morgan fingerprint density at radius 1 is 1.28 bits per heavy atom. The molecular formula is C19H23N3O3. The number of aromatic nitrogens is 1. The second kappa shape index (κ2) is 7.09. The number of carbonyl (C=O) groups excluding carboxylic acids is 2. The molecule has 6 nitrogen and oxygen atoms in total. The highest BCUT2D eigenvalue weighted by molar-refractivity contribution is 5.95. The first-order valence-corrected chi connectivity index (χ1v) is 8.60. The molecule has 1 heterocycles. The monoisotopic (exact) mass is 341 g/mol. The highest BCUT2D eigenvalue weighted by Gasteiger charge is 2.29. The molecular weight excluding hydrogens is 318 g/mol. The van der Waals surface area contributed by atoms with Gasteiger partial charge in [0.1, 0.15) is 5.76 Å². The van der Waals surface area contributed by atoms with Crippen molar-refractivity contribution in [2.24, 2.45) is 0 Å². The molecule has 1 atom stereocenters. The van der Waals surface area contributed by atoms with Crippen LogP contribution in [-0.4, -0.2) is 29.1 Å². The van der Waals surface area contributed by atoms with Gasteiger partial charge in [0.25, 0.3) is 11.8 Å². The first kappa shape index (κ1) is 17.2. The maximum absolute atomic E-state index is 12.5. The van der Waals surface area contributed by atoms with E-state index in [0.29, 0.717) is 24.1 Å². The van der Waals surface area contributed by atoms with E-state index >= 15 is 0 Å². The van der Waals surface area contributed by atoms with Crippen molar-refractivity contribution in [1.29, 1.82) is 0 Å². The lowest BCUT2D eigenvalue weighted by Gasteiger charge is -2.22. The summed E-state index contributed by atoms with van der Waals surface area (Å²) in [6.07, 6.45) is 1.98. The molecule has 1 aromatic heterocycles. The Hall–Kier alpha value is -2.63. The van der Waals surface area contributed by atoms with E-state index in [0.717, 1.165) is 23.3 Å². The van der Waals surface area contributed by atoms with Crippen LogP contribution in [0.4, 0.5) is 0 Å². The van der Waals surface area contributed by atoms with Crippen molar-refractivity contribution in [2.75, 3.05) is 0 Å². The summed E-state index contributed by atoms with van der Waals surface area (Å²) < 4.78 is 5.32. The second-order valence-corrected chi connectivity index (χ2v) is 6.84. The molecule has 2 amide bonds. The van der Waals surface area contributed by atoms with E-state index in [9.17, 15) is 9.59 Å². The van der Waals surface area contributed by atoms with Crippen LogP contribution in [0.1, 0.15) is 58.0 Å². The normalized spacial score (nSPS) is 16.4. The number of carbonyl (C=O) groups is 2. The standard InChI is InChI=1S/C19H23N3O3/c1-11(2)20-19(24)17-15-10-14(7-8-16(15)25-22-17)21-18(23)13-6-4-5-12(3)9-13/h4-6,9,11,14H,7-8,10H2,1-3H3,(H,20,24)(H,21,23). The van der Waals surface area contributed by atoms with Crippen LogP contribution in [0.2, 0.25) is 0 Å². The molecule has 0 aliphatic heterocycles. The summed E-state index contributed by atoms with van der Waals surface area (Å²) in [6.45, 7) is 5.75. The fourth-order valence-electron chi connectivity index (χ4n) is 3.09. The molecule has 0 saturated heterocycles. The zero-order valence-corrected chi connectivity index (χ0v) is 14.8. The van der Waals surface area contributed by atoms with Gasteiger partial charge in [-0.25, -0.2) is 0 Å². The number of aryl methyl sites for hydroxylation is 2. The number of hydrogen-bond donors (Lipinski definition) is 2. The van der Waals surface area contributed by atoms with Crippen LogP contribution in [0.25, 0.3) is 0 Å². The quantitative estimate of drug-likeness (QED) is 0.894. The maximum Gasteiger partial charge on any atom is 0.273 e. The van der Waals surface area contributed by atoms with Gasteiger partial charge < -0.3 is 15.2 Å². The van der Waals surface area contributed by atoms with Crippen molar-refractivity contribution in [3.8, 4) is 0 Å². The Kier molecular flexibility index (Phi) is 4.88. The predicted molar refractivity (Wildman–Crippen MR) is 93.6 cm³/mol. The molecule has 0 spiro atoms. The molecule has 132 valence electrons. The van der Waals surface area contributed by atoms with Gasteiger partial charge >= 0.3 is 0 Å². The van der Waals surface area contributed by atoms with Gasteiger partial charge in [0, 0.05) is 29.6 Å². The summed E-state index contributed by atoms with van der Waals surface area (Å²) in [5.41, 5.74) is 2.83. The average Bonchev–Trinajstić information content (AvgIpc) is 2.97. The van der Waals surface area contributed by atoms with Gasteiger partial charge in [-0.1, -0.05) is 22.9 Å². The third kappa shape index (κ3) is 3.90. The minimum atomic E-state index is -0.231. The van der Waals surface area contributed by atoms with Gasteiger partial charge in [0.2, 0.25) is 0 Å². The number of hydrogen-bond acceptors (Lipinski definition) is 4. The van der Waals surface area contributed by atoms with E-state index in [1.807, 2.05) is 39.0 Å². The van der Waals surface area contributed by atoms with Crippen LogP contribution in [0.3, 0.4) is 0 Å². The number of rotatable bonds is 4. The van der Waals surface area contributed by atoms with E-state index in [1.54, 1.807) is 6.07 Å². The fraction of sp³-hybridized carbons (Fsp3) is 0.421. The number of amides is 2. The van der Waals surface area contributed by atoms with E-state index < -0.39 is 0 Å². The minimum Gasteiger partial charge on any atom is -0.360 e. The summed E-state index contributed by atoms with van der Waals surface area (Å²) in [4.78, 5) is 24.7. The Morgan fingerprint density at radius 3 is 2.80 bits per heavy atom. The van der Waals surface area contributed by atoms with Crippen LogP contribution in [0, 0.1) is 6.92 Å². The van der Waals surface area contributed by atoms with Crippen molar-refractivity contribution in [3.05, 3.63) is 52.4 Å². The zero-order chi connectivity index (χ0) is 18.0. The van der Waals surface area contributed by atoms with E-state index in [-0.39, 0.29) is 23.9 Å². The highest BCUT2D eigenvalue weighted by atomic mass is 16.5. The molecule has 1 aliphatic carbocycles. The molecule has 1 aromatic carbocycles. The third-order valence-electron chi connectivity index (χ3n) is 4.29. The first-order chi connectivity index (χ1) is 11.9. The second-order valence-electron chi connectivity index (χ2n) is 6.84. The van der Waals surface area contributed by atoms with Crippen LogP contribution < -0.4 is 10.6 Å². The van der Waals surface area contributed by atoms with E-state index in [4.69, 9.17) is 4.52 Å². The maximum atomic E-state index is 12.5. The van der Waals surface area contributed by atoms with E-state index in [2.05, 4.69) is 15.8 Å².